The highest BCUT2D eigenvalue weighted by Crippen LogP contribution is 2.41. The number of hydrogen-bond donors (Lipinski definition) is 0. The van der Waals surface area contributed by atoms with E-state index in [2.05, 4.69) is 45.5 Å². The van der Waals surface area contributed by atoms with Gasteiger partial charge < -0.3 is 4.90 Å². The third kappa shape index (κ3) is 3.11. The molecule has 0 N–H and O–H groups in total. The van der Waals surface area contributed by atoms with Crippen LogP contribution in [0.1, 0.15) is 29.5 Å². The molecule has 2 aromatic rings. The minimum Gasteiger partial charge on any atom is -0.369 e. The lowest BCUT2D eigenvalue weighted by molar-refractivity contribution is 0.247. The van der Waals surface area contributed by atoms with Crippen molar-refractivity contribution in [2.75, 3.05) is 31.1 Å². The molecule has 1 aliphatic carbocycles. The monoisotopic (exact) mass is 299 g/mol. The second-order valence-corrected chi connectivity index (χ2v) is 6.94. The fourth-order valence-corrected chi connectivity index (χ4v) is 3.93. The van der Waals surface area contributed by atoms with E-state index in [0.717, 1.165) is 38.6 Å². The predicted molar refractivity (Wildman–Crippen MR) is 88.0 cm³/mol. The Labute approximate surface area is 130 Å². The molecule has 0 spiro atoms. The molecule has 0 radical (unpaired) electrons. The van der Waals surface area contributed by atoms with Crippen LogP contribution in [0.2, 0.25) is 0 Å². The van der Waals surface area contributed by atoms with Gasteiger partial charge in [0.05, 0.1) is 10.7 Å². The molecule has 4 rings (SSSR count). The number of aromatic nitrogens is 1. The Morgan fingerprint density at radius 1 is 1.05 bits per heavy atom. The summed E-state index contributed by atoms with van der Waals surface area (Å²) in [5.41, 5.74) is 2.62. The summed E-state index contributed by atoms with van der Waals surface area (Å²) in [4.78, 5) is 9.82. The van der Waals surface area contributed by atoms with E-state index in [1.165, 1.54) is 29.2 Å². The molecule has 3 nitrogen and oxygen atoms in total. The van der Waals surface area contributed by atoms with Gasteiger partial charge in [-0.15, -0.1) is 11.3 Å². The SMILES string of the molecule is c1ccc(N2CCN(Cc3csc(C4CC4)n3)CC2)cc1. The molecular formula is C17H21N3S. The summed E-state index contributed by atoms with van der Waals surface area (Å²) in [5.74, 6) is 0.790. The molecule has 0 amide bonds. The fraction of sp³-hybridized carbons (Fsp3) is 0.471. The summed E-state index contributed by atoms with van der Waals surface area (Å²) in [7, 11) is 0. The molecule has 2 heterocycles. The molecule has 4 heteroatoms. The van der Waals surface area contributed by atoms with E-state index in [9.17, 15) is 0 Å². The van der Waals surface area contributed by atoms with Crippen molar-refractivity contribution in [1.29, 1.82) is 0 Å². The average molecular weight is 299 g/mol. The van der Waals surface area contributed by atoms with Gasteiger partial charge in [-0.05, 0) is 25.0 Å². The van der Waals surface area contributed by atoms with Crippen LogP contribution in [0.3, 0.4) is 0 Å². The molecule has 1 saturated heterocycles. The van der Waals surface area contributed by atoms with Gasteiger partial charge in [-0.25, -0.2) is 4.98 Å². The maximum atomic E-state index is 4.81. The van der Waals surface area contributed by atoms with Crippen molar-refractivity contribution >= 4 is 17.0 Å². The minimum atomic E-state index is 0.790. The molecule has 2 aliphatic rings. The van der Waals surface area contributed by atoms with E-state index in [1.807, 2.05) is 11.3 Å². The van der Waals surface area contributed by atoms with Crippen LogP contribution in [0.4, 0.5) is 5.69 Å². The number of nitrogens with zero attached hydrogens (tertiary/aromatic N) is 3. The number of piperazine rings is 1. The predicted octanol–water partition coefficient (Wildman–Crippen LogP) is 3.34. The second kappa shape index (κ2) is 5.78. The van der Waals surface area contributed by atoms with Gasteiger partial charge in [-0.1, -0.05) is 18.2 Å². The first-order chi connectivity index (χ1) is 10.4. The molecule has 1 aromatic heterocycles. The highest BCUT2D eigenvalue weighted by Gasteiger charge is 2.27. The number of thiazole rings is 1. The second-order valence-electron chi connectivity index (χ2n) is 6.05. The Morgan fingerprint density at radius 2 is 1.81 bits per heavy atom. The molecule has 21 heavy (non-hydrogen) atoms. The van der Waals surface area contributed by atoms with E-state index in [0.29, 0.717) is 0 Å². The number of anilines is 1. The highest BCUT2D eigenvalue weighted by molar-refractivity contribution is 7.09. The van der Waals surface area contributed by atoms with E-state index in [1.54, 1.807) is 0 Å². The van der Waals surface area contributed by atoms with Crippen molar-refractivity contribution in [3.8, 4) is 0 Å². The highest BCUT2D eigenvalue weighted by atomic mass is 32.1. The maximum Gasteiger partial charge on any atom is 0.0959 e. The third-order valence-electron chi connectivity index (χ3n) is 4.38. The first-order valence-electron chi connectivity index (χ1n) is 7.85. The summed E-state index contributed by atoms with van der Waals surface area (Å²) in [6.07, 6.45) is 2.70. The van der Waals surface area contributed by atoms with Crippen LogP contribution >= 0.6 is 11.3 Å². The van der Waals surface area contributed by atoms with E-state index in [-0.39, 0.29) is 0 Å². The Kier molecular flexibility index (Phi) is 3.65. The maximum absolute atomic E-state index is 4.81. The first-order valence-corrected chi connectivity index (χ1v) is 8.73. The van der Waals surface area contributed by atoms with Gasteiger partial charge in [0.15, 0.2) is 0 Å². The summed E-state index contributed by atoms with van der Waals surface area (Å²) in [6.45, 7) is 5.51. The van der Waals surface area contributed by atoms with Gasteiger partial charge in [-0.3, -0.25) is 4.90 Å². The van der Waals surface area contributed by atoms with Crippen LogP contribution in [0.15, 0.2) is 35.7 Å². The average Bonchev–Trinajstić information content (AvgIpc) is 3.29. The van der Waals surface area contributed by atoms with E-state index in [4.69, 9.17) is 4.98 Å². The Bertz CT molecular complexity index is 583. The van der Waals surface area contributed by atoms with Crippen molar-refractivity contribution in [3.05, 3.63) is 46.4 Å². The number of benzene rings is 1. The summed E-state index contributed by atoms with van der Waals surface area (Å²) >= 11 is 1.86. The van der Waals surface area contributed by atoms with Crippen molar-refractivity contribution < 1.29 is 0 Å². The molecule has 0 bridgehead atoms. The van der Waals surface area contributed by atoms with Gasteiger partial charge in [0.2, 0.25) is 0 Å². The van der Waals surface area contributed by atoms with Crippen LogP contribution in [0.5, 0.6) is 0 Å². The van der Waals surface area contributed by atoms with Crippen molar-refractivity contribution in [3.63, 3.8) is 0 Å². The minimum absolute atomic E-state index is 0.790. The molecule has 1 saturated carbocycles. The number of para-hydroxylation sites is 1. The van der Waals surface area contributed by atoms with Gasteiger partial charge in [0, 0.05) is 49.7 Å². The Balaban J connectivity index is 1.32. The van der Waals surface area contributed by atoms with E-state index >= 15 is 0 Å². The number of hydrogen-bond acceptors (Lipinski definition) is 4. The summed E-state index contributed by atoms with van der Waals surface area (Å²) in [5, 5.41) is 3.63. The van der Waals surface area contributed by atoms with Crippen molar-refractivity contribution in [2.45, 2.75) is 25.3 Å². The van der Waals surface area contributed by atoms with Crippen molar-refractivity contribution in [1.82, 2.24) is 9.88 Å². The summed E-state index contributed by atoms with van der Waals surface area (Å²) in [6, 6.07) is 10.7. The fourth-order valence-electron chi connectivity index (χ4n) is 2.95. The molecular weight excluding hydrogens is 278 g/mol. The molecule has 1 aromatic carbocycles. The lowest BCUT2D eigenvalue weighted by Crippen LogP contribution is -2.46. The molecule has 110 valence electrons. The molecule has 1 aliphatic heterocycles. The zero-order valence-corrected chi connectivity index (χ0v) is 13.1. The van der Waals surface area contributed by atoms with Crippen LogP contribution in [-0.2, 0) is 6.54 Å². The third-order valence-corrected chi connectivity index (χ3v) is 5.43. The van der Waals surface area contributed by atoms with Crippen LogP contribution in [0, 0.1) is 0 Å². The zero-order valence-electron chi connectivity index (χ0n) is 12.2. The van der Waals surface area contributed by atoms with Crippen LogP contribution in [0.25, 0.3) is 0 Å². The standard InChI is InChI=1S/C17H21N3S/c1-2-4-16(5-3-1)20-10-8-19(9-11-20)12-15-13-21-17(18-15)14-6-7-14/h1-5,13-14H,6-12H2. The van der Waals surface area contributed by atoms with Gasteiger partial charge >= 0.3 is 0 Å². The molecule has 2 fully saturated rings. The van der Waals surface area contributed by atoms with Crippen molar-refractivity contribution in [2.24, 2.45) is 0 Å². The van der Waals surface area contributed by atoms with Gasteiger partial charge in [-0.2, -0.15) is 0 Å². The lowest BCUT2D eigenvalue weighted by Gasteiger charge is -2.35. The Morgan fingerprint density at radius 3 is 2.52 bits per heavy atom. The lowest BCUT2D eigenvalue weighted by atomic mass is 10.2. The molecule has 0 atom stereocenters. The topological polar surface area (TPSA) is 19.4 Å². The van der Waals surface area contributed by atoms with Crippen LogP contribution in [-0.4, -0.2) is 36.1 Å². The van der Waals surface area contributed by atoms with Gasteiger partial charge in [0.25, 0.3) is 0 Å². The Hall–Kier alpha value is -1.39. The summed E-state index contributed by atoms with van der Waals surface area (Å²) < 4.78 is 0. The normalized spacial score (nSPS) is 19.9. The molecule has 0 unspecified atom stereocenters. The van der Waals surface area contributed by atoms with Gasteiger partial charge in [0.1, 0.15) is 0 Å². The number of rotatable bonds is 4. The first kappa shape index (κ1) is 13.3. The van der Waals surface area contributed by atoms with E-state index < -0.39 is 0 Å². The van der Waals surface area contributed by atoms with Crippen LogP contribution < -0.4 is 4.90 Å². The quantitative estimate of drug-likeness (QED) is 0.863. The smallest absolute Gasteiger partial charge is 0.0959 e. The largest absolute Gasteiger partial charge is 0.369 e. The zero-order chi connectivity index (χ0) is 14.1.